The molecule has 3 nitrogen and oxygen atoms in total. The first kappa shape index (κ1) is 9.93. The number of benzene rings is 1. The smallest absolute Gasteiger partial charge is 0.0755 e. The Kier molecular flexibility index (Phi) is 2.83. The van der Waals surface area contributed by atoms with Crippen molar-refractivity contribution in [3.05, 3.63) is 36.0 Å². The Hall–Kier alpha value is -1.61. The number of nitrogens with zero attached hydrogens (tertiary/aromatic N) is 1. The highest BCUT2D eigenvalue weighted by molar-refractivity contribution is 5.91. The third-order valence-electron chi connectivity index (χ3n) is 2.46. The molecule has 1 aromatic carbocycles. The van der Waals surface area contributed by atoms with Gasteiger partial charge >= 0.3 is 0 Å². The molecule has 2 rings (SSSR count). The minimum Gasteiger partial charge on any atom is -0.398 e. The van der Waals surface area contributed by atoms with Gasteiger partial charge in [-0.05, 0) is 18.1 Å². The molecule has 1 heterocycles. The summed E-state index contributed by atoms with van der Waals surface area (Å²) >= 11 is 0. The average Bonchev–Trinajstić information content (AvgIpc) is 2.27. The lowest BCUT2D eigenvalue weighted by atomic mass is 10.1. The number of para-hydroxylation sites is 1. The van der Waals surface area contributed by atoms with Crippen LogP contribution in [-0.2, 0) is 11.2 Å². The highest BCUT2D eigenvalue weighted by atomic mass is 16.5. The quantitative estimate of drug-likeness (QED) is 0.828. The Balaban J connectivity index is 2.51. The van der Waals surface area contributed by atoms with E-state index in [2.05, 4.69) is 11.1 Å². The molecule has 0 atom stereocenters. The van der Waals surface area contributed by atoms with E-state index in [1.807, 2.05) is 18.2 Å². The Morgan fingerprint density at radius 2 is 2.20 bits per heavy atom. The predicted molar refractivity (Wildman–Crippen MR) is 61.7 cm³/mol. The van der Waals surface area contributed by atoms with Crippen LogP contribution in [0.1, 0.15) is 5.56 Å². The molecule has 3 heteroatoms. The maximum Gasteiger partial charge on any atom is 0.0755 e. The van der Waals surface area contributed by atoms with Gasteiger partial charge in [-0.2, -0.15) is 0 Å². The van der Waals surface area contributed by atoms with E-state index in [1.54, 1.807) is 13.3 Å². The van der Waals surface area contributed by atoms with Crippen LogP contribution in [0, 0.1) is 0 Å². The number of ether oxygens (including phenoxy) is 1. The van der Waals surface area contributed by atoms with Crippen LogP contribution in [0.4, 0.5) is 5.69 Å². The number of nitrogen functional groups attached to an aromatic ring is 1. The van der Waals surface area contributed by atoms with E-state index in [4.69, 9.17) is 10.5 Å². The third-order valence-corrected chi connectivity index (χ3v) is 2.46. The van der Waals surface area contributed by atoms with Crippen LogP contribution in [0.3, 0.4) is 0 Å². The van der Waals surface area contributed by atoms with Crippen LogP contribution in [0.2, 0.25) is 0 Å². The normalized spacial score (nSPS) is 10.7. The number of pyridine rings is 1. The molecule has 15 heavy (non-hydrogen) atoms. The van der Waals surface area contributed by atoms with Crippen molar-refractivity contribution in [3.8, 4) is 0 Å². The number of hydrogen-bond donors (Lipinski definition) is 1. The van der Waals surface area contributed by atoms with Gasteiger partial charge in [-0.25, -0.2) is 0 Å². The molecule has 2 N–H and O–H groups in total. The van der Waals surface area contributed by atoms with Gasteiger partial charge < -0.3 is 10.5 Å². The molecule has 0 saturated heterocycles. The number of aromatic nitrogens is 1. The first-order valence-corrected chi connectivity index (χ1v) is 4.94. The van der Waals surface area contributed by atoms with Crippen LogP contribution in [0.5, 0.6) is 0 Å². The minimum atomic E-state index is 0.704. The summed E-state index contributed by atoms with van der Waals surface area (Å²) in [6.07, 6.45) is 2.61. The molecular weight excluding hydrogens is 188 g/mol. The molecule has 0 saturated carbocycles. The second-order valence-corrected chi connectivity index (χ2v) is 3.46. The standard InChI is InChI=1S/C12H14N2O/c1-15-8-6-9-3-2-4-10-11(13)5-7-14-12(9)10/h2-5,7H,6,8H2,1H3,(H2,13,14). The van der Waals surface area contributed by atoms with Crippen molar-refractivity contribution in [2.24, 2.45) is 0 Å². The zero-order chi connectivity index (χ0) is 10.7. The zero-order valence-corrected chi connectivity index (χ0v) is 8.73. The molecule has 0 amide bonds. The average molecular weight is 202 g/mol. The van der Waals surface area contributed by atoms with Crippen LogP contribution >= 0.6 is 0 Å². The molecule has 2 aromatic rings. The summed E-state index contributed by atoms with van der Waals surface area (Å²) in [5.41, 5.74) is 8.82. The molecular formula is C12H14N2O. The lowest BCUT2D eigenvalue weighted by Gasteiger charge is -2.06. The van der Waals surface area contributed by atoms with E-state index in [0.717, 1.165) is 23.0 Å². The van der Waals surface area contributed by atoms with E-state index in [-0.39, 0.29) is 0 Å². The number of anilines is 1. The number of hydrogen-bond acceptors (Lipinski definition) is 3. The van der Waals surface area contributed by atoms with Gasteiger partial charge in [-0.3, -0.25) is 4.98 Å². The summed E-state index contributed by atoms with van der Waals surface area (Å²) in [5, 5.41) is 1.02. The lowest BCUT2D eigenvalue weighted by molar-refractivity contribution is 0.202. The summed E-state index contributed by atoms with van der Waals surface area (Å²) in [6, 6.07) is 7.88. The fourth-order valence-corrected chi connectivity index (χ4v) is 1.67. The summed E-state index contributed by atoms with van der Waals surface area (Å²) < 4.78 is 5.07. The summed E-state index contributed by atoms with van der Waals surface area (Å²) in [7, 11) is 1.70. The molecule has 78 valence electrons. The Labute approximate surface area is 88.9 Å². The minimum absolute atomic E-state index is 0.704. The van der Waals surface area contributed by atoms with Crippen molar-refractivity contribution < 1.29 is 4.74 Å². The third kappa shape index (κ3) is 1.92. The zero-order valence-electron chi connectivity index (χ0n) is 8.73. The molecule has 0 radical (unpaired) electrons. The first-order chi connectivity index (χ1) is 7.33. The van der Waals surface area contributed by atoms with E-state index in [1.165, 1.54) is 5.56 Å². The van der Waals surface area contributed by atoms with Crippen molar-refractivity contribution in [1.82, 2.24) is 4.98 Å². The van der Waals surface area contributed by atoms with Crippen LogP contribution in [0.15, 0.2) is 30.5 Å². The molecule has 0 fully saturated rings. The molecule has 0 aliphatic carbocycles. The second kappa shape index (κ2) is 4.28. The van der Waals surface area contributed by atoms with Gasteiger partial charge in [0.1, 0.15) is 0 Å². The fourth-order valence-electron chi connectivity index (χ4n) is 1.67. The fraction of sp³-hybridized carbons (Fsp3) is 0.250. The van der Waals surface area contributed by atoms with Crippen LogP contribution in [-0.4, -0.2) is 18.7 Å². The highest BCUT2D eigenvalue weighted by Gasteiger charge is 2.03. The number of fused-ring (bicyclic) bond motifs is 1. The number of rotatable bonds is 3. The van der Waals surface area contributed by atoms with Crippen LogP contribution < -0.4 is 5.73 Å². The van der Waals surface area contributed by atoms with Crippen molar-refractivity contribution in [3.63, 3.8) is 0 Å². The van der Waals surface area contributed by atoms with Crippen molar-refractivity contribution >= 4 is 16.6 Å². The van der Waals surface area contributed by atoms with Gasteiger partial charge in [0.05, 0.1) is 12.1 Å². The van der Waals surface area contributed by atoms with Crippen molar-refractivity contribution in [2.75, 3.05) is 19.5 Å². The largest absolute Gasteiger partial charge is 0.398 e. The van der Waals surface area contributed by atoms with E-state index in [9.17, 15) is 0 Å². The second-order valence-electron chi connectivity index (χ2n) is 3.46. The van der Waals surface area contributed by atoms with Crippen molar-refractivity contribution in [2.45, 2.75) is 6.42 Å². The Morgan fingerprint density at radius 1 is 1.33 bits per heavy atom. The summed E-state index contributed by atoms with van der Waals surface area (Å²) in [4.78, 5) is 4.36. The van der Waals surface area contributed by atoms with Gasteiger partial charge in [0, 0.05) is 24.4 Å². The van der Waals surface area contributed by atoms with Gasteiger partial charge in [-0.15, -0.1) is 0 Å². The lowest BCUT2D eigenvalue weighted by Crippen LogP contribution is -1.97. The molecule has 0 aliphatic heterocycles. The molecule has 0 bridgehead atoms. The molecule has 0 spiro atoms. The Morgan fingerprint density at radius 3 is 3.00 bits per heavy atom. The first-order valence-electron chi connectivity index (χ1n) is 4.94. The highest BCUT2D eigenvalue weighted by Crippen LogP contribution is 2.21. The molecule has 0 unspecified atom stereocenters. The monoisotopic (exact) mass is 202 g/mol. The SMILES string of the molecule is COCCc1cccc2c(N)ccnc12. The van der Waals surface area contributed by atoms with Crippen molar-refractivity contribution in [1.29, 1.82) is 0 Å². The summed E-state index contributed by atoms with van der Waals surface area (Å²) in [6.45, 7) is 0.704. The Bertz CT molecular complexity index is 468. The van der Waals surface area contributed by atoms with E-state index in [0.29, 0.717) is 6.61 Å². The number of nitrogens with two attached hydrogens (primary N) is 1. The topological polar surface area (TPSA) is 48.1 Å². The maximum absolute atomic E-state index is 5.88. The van der Waals surface area contributed by atoms with Gasteiger partial charge in [0.25, 0.3) is 0 Å². The summed E-state index contributed by atoms with van der Waals surface area (Å²) in [5.74, 6) is 0. The number of methoxy groups -OCH3 is 1. The molecule has 1 aromatic heterocycles. The van der Waals surface area contributed by atoms with Gasteiger partial charge in [0.15, 0.2) is 0 Å². The van der Waals surface area contributed by atoms with E-state index < -0.39 is 0 Å². The van der Waals surface area contributed by atoms with Gasteiger partial charge in [-0.1, -0.05) is 18.2 Å². The molecule has 0 aliphatic rings. The maximum atomic E-state index is 5.88. The van der Waals surface area contributed by atoms with E-state index >= 15 is 0 Å². The van der Waals surface area contributed by atoms with Gasteiger partial charge in [0.2, 0.25) is 0 Å². The predicted octanol–water partition coefficient (Wildman–Crippen LogP) is 2.01. The van der Waals surface area contributed by atoms with Crippen LogP contribution in [0.25, 0.3) is 10.9 Å².